The van der Waals surface area contributed by atoms with E-state index in [1.807, 2.05) is 0 Å². The number of nitrogens with zero attached hydrogens (tertiary/aromatic N) is 1. The van der Waals surface area contributed by atoms with Crippen LogP contribution in [0.4, 0.5) is 5.69 Å². The molecular weight excluding hydrogens is 244 g/mol. The maximum absolute atomic E-state index is 3.53. The number of nitrogens with one attached hydrogen (secondary N) is 1. The zero-order chi connectivity index (χ0) is 14.7. The van der Waals surface area contributed by atoms with Gasteiger partial charge in [-0.2, -0.15) is 0 Å². The van der Waals surface area contributed by atoms with Gasteiger partial charge < -0.3 is 10.2 Å². The zero-order valence-electron chi connectivity index (χ0n) is 13.7. The normalized spacial score (nSPS) is 22.8. The Morgan fingerprint density at radius 1 is 1.30 bits per heavy atom. The fourth-order valence-corrected chi connectivity index (χ4v) is 3.21. The van der Waals surface area contributed by atoms with Crippen LogP contribution in [0.25, 0.3) is 0 Å². The van der Waals surface area contributed by atoms with Crippen molar-refractivity contribution in [3.63, 3.8) is 0 Å². The van der Waals surface area contributed by atoms with E-state index >= 15 is 0 Å². The van der Waals surface area contributed by atoms with Crippen molar-refractivity contribution in [2.24, 2.45) is 11.8 Å². The van der Waals surface area contributed by atoms with Gasteiger partial charge in [-0.15, -0.1) is 0 Å². The summed E-state index contributed by atoms with van der Waals surface area (Å²) in [5.74, 6) is 1.53. The molecule has 2 heteroatoms. The van der Waals surface area contributed by atoms with Crippen molar-refractivity contribution in [1.29, 1.82) is 0 Å². The van der Waals surface area contributed by atoms with E-state index in [9.17, 15) is 0 Å². The Balaban J connectivity index is 2.02. The average molecular weight is 274 g/mol. The molecule has 0 radical (unpaired) electrons. The van der Waals surface area contributed by atoms with Crippen molar-refractivity contribution in [3.8, 4) is 0 Å². The molecule has 1 fully saturated rings. The van der Waals surface area contributed by atoms with Crippen molar-refractivity contribution < 1.29 is 0 Å². The maximum Gasteiger partial charge on any atom is 0.0371 e. The maximum atomic E-state index is 3.53. The van der Waals surface area contributed by atoms with Gasteiger partial charge >= 0.3 is 0 Å². The Morgan fingerprint density at radius 3 is 2.60 bits per heavy atom. The molecule has 2 rings (SSSR count). The molecule has 2 nitrogen and oxygen atoms in total. The smallest absolute Gasteiger partial charge is 0.0371 e. The minimum Gasteiger partial charge on any atom is -0.369 e. The second-order valence-corrected chi connectivity index (χ2v) is 6.98. The van der Waals surface area contributed by atoms with Gasteiger partial charge in [-0.1, -0.05) is 26.8 Å². The molecule has 2 unspecified atom stereocenters. The van der Waals surface area contributed by atoms with Crippen molar-refractivity contribution in [2.75, 3.05) is 18.0 Å². The van der Waals surface area contributed by atoms with Crippen molar-refractivity contribution >= 4 is 5.69 Å². The van der Waals surface area contributed by atoms with Crippen LogP contribution in [0, 0.1) is 18.8 Å². The molecule has 1 aromatic carbocycles. The second kappa shape index (κ2) is 6.62. The lowest BCUT2D eigenvalue weighted by molar-refractivity contribution is 0.551. The van der Waals surface area contributed by atoms with E-state index in [-0.39, 0.29) is 0 Å². The lowest BCUT2D eigenvalue weighted by Crippen LogP contribution is -2.26. The first-order valence-electron chi connectivity index (χ1n) is 8.04. The van der Waals surface area contributed by atoms with E-state index in [1.54, 1.807) is 0 Å². The predicted octanol–water partition coefficient (Wildman–Crippen LogP) is 3.98. The molecule has 1 aliphatic rings. The largest absolute Gasteiger partial charge is 0.369 e. The highest BCUT2D eigenvalue weighted by atomic mass is 15.2. The monoisotopic (exact) mass is 274 g/mol. The first kappa shape index (κ1) is 15.4. The molecule has 0 amide bonds. The first-order valence-corrected chi connectivity index (χ1v) is 8.04. The molecule has 0 spiro atoms. The van der Waals surface area contributed by atoms with Gasteiger partial charge in [0.2, 0.25) is 0 Å². The molecule has 0 saturated carbocycles. The third-order valence-electron chi connectivity index (χ3n) is 4.31. The standard InChI is InChI=1S/C18H30N2/c1-13(2)10-19-11-17-6-7-18(9-15(17)4)20-12-14(3)8-16(20)5/h6-7,9,13-14,16,19H,8,10-12H2,1-5H3. The SMILES string of the molecule is Cc1cc(N2CC(C)CC2C)ccc1CNCC(C)C. The van der Waals surface area contributed by atoms with Crippen LogP contribution < -0.4 is 10.2 Å². The number of hydrogen-bond donors (Lipinski definition) is 1. The second-order valence-electron chi connectivity index (χ2n) is 6.98. The van der Waals surface area contributed by atoms with Gasteiger partial charge in [-0.05, 0) is 61.9 Å². The molecule has 20 heavy (non-hydrogen) atoms. The van der Waals surface area contributed by atoms with E-state index in [4.69, 9.17) is 0 Å². The zero-order valence-corrected chi connectivity index (χ0v) is 13.7. The lowest BCUT2D eigenvalue weighted by atomic mass is 10.1. The number of anilines is 1. The van der Waals surface area contributed by atoms with E-state index in [0.717, 1.165) is 19.0 Å². The van der Waals surface area contributed by atoms with Gasteiger partial charge in [0.15, 0.2) is 0 Å². The highest BCUT2D eigenvalue weighted by Gasteiger charge is 2.26. The Morgan fingerprint density at radius 2 is 2.05 bits per heavy atom. The summed E-state index contributed by atoms with van der Waals surface area (Å²) in [4.78, 5) is 2.56. The molecule has 0 aromatic heterocycles. The van der Waals surface area contributed by atoms with Gasteiger partial charge in [0.05, 0.1) is 0 Å². The van der Waals surface area contributed by atoms with Crippen molar-refractivity contribution in [3.05, 3.63) is 29.3 Å². The Hall–Kier alpha value is -1.02. The molecule has 1 aliphatic heterocycles. The highest BCUT2D eigenvalue weighted by molar-refractivity contribution is 5.52. The third kappa shape index (κ3) is 3.76. The van der Waals surface area contributed by atoms with Gasteiger partial charge in [0.25, 0.3) is 0 Å². The number of hydrogen-bond acceptors (Lipinski definition) is 2. The van der Waals surface area contributed by atoms with Crippen LogP contribution >= 0.6 is 0 Å². The molecule has 112 valence electrons. The van der Waals surface area contributed by atoms with E-state index in [2.05, 4.69) is 63.0 Å². The van der Waals surface area contributed by atoms with Crippen LogP contribution in [-0.4, -0.2) is 19.1 Å². The summed E-state index contributed by atoms with van der Waals surface area (Å²) >= 11 is 0. The number of rotatable bonds is 5. The van der Waals surface area contributed by atoms with Gasteiger partial charge in [-0.25, -0.2) is 0 Å². The molecular formula is C18H30N2. The summed E-state index contributed by atoms with van der Waals surface area (Å²) in [6.07, 6.45) is 1.32. The number of benzene rings is 1. The van der Waals surface area contributed by atoms with Crippen LogP contribution in [0.1, 0.15) is 45.2 Å². The van der Waals surface area contributed by atoms with Crippen LogP contribution in [0.5, 0.6) is 0 Å². The predicted molar refractivity (Wildman–Crippen MR) is 88.3 cm³/mol. The highest BCUT2D eigenvalue weighted by Crippen LogP contribution is 2.29. The summed E-state index contributed by atoms with van der Waals surface area (Å²) < 4.78 is 0. The fraction of sp³-hybridized carbons (Fsp3) is 0.667. The first-order chi connectivity index (χ1) is 9.47. The van der Waals surface area contributed by atoms with Crippen molar-refractivity contribution in [1.82, 2.24) is 5.32 Å². The van der Waals surface area contributed by atoms with Gasteiger partial charge in [0, 0.05) is 24.8 Å². The summed E-state index contributed by atoms with van der Waals surface area (Å²) in [6.45, 7) is 14.7. The topological polar surface area (TPSA) is 15.3 Å². The Labute approximate surface area is 124 Å². The van der Waals surface area contributed by atoms with Gasteiger partial charge in [-0.3, -0.25) is 0 Å². The van der Waals surface area contributed by atoms with Crippen molar-refractivity contribution in [2.45, 2.75) is 53.6 Å². The lowest BCUT2D eigenvalue weighted by Gasteiger charge is -2.25. The quantitative estimate of drug-likeness (QED) is 0.874. The molecule has 1 heterocycles. The molecule has 2 atom stereocenters. The van der Waals surface area contributed by atoms with E-state index in [1.165, 1.54) is 29.8 Å². The minimum atomic E-state index is 0.675. The summed E-state index contributed by atoms with van der Waals surface area (Å²) in [6, 6.07) is 7.64. The summed E-state index contributed by atoms with van der Waals surface area (Å²) in [5.41, 5.74) is 4.23. The van der Waals surface area contributed by atoms with Crippen LogP contribution in [0.15, 0.2) is 18.2 Å². The molecule has 0 aliphatic carbocycles. The molecule has 0 bridgehead atoms. The molecule has 1 N–H and O–H groups in total. The van der Waals surface area contributed by atoms with Crippen LogP contribution in [0.3, 0.4) is 0 Å². The Bertz CT molecular complexity index is 439. The summed E-state index contributed by atoms with van der Waals surface area (Å²) in [7, 11) is 0. The average Bonchev–Trinajstić information content (AvgIpc) is 2.70. The number of aryl methyl sites for hydroxylation is 1. The van der Waals surface area contributed by atoms with E-state index in [0.29, 0.717) is 12.0 Å². The van der Waals surface area contributed by atoms with E-state index < -0.39 is 0 Å². The molecule has 1 aromatic rings. The fourth-order valence-electron chi connectivity index (χ4n) is 3.21. The molecule has 1 saturated heterocycles. The minimum absolute atomic E-state index is 0.675. The van der Waals surface area contributed by atoms with Gasteiger partial charge in [0.1, 0.15) is 0 Å². The van der Waals surface area contributed by atoms with Crippen LogP contribution in [0.2, 0.25) is 0 Å². The third-order valence-corrected chi connectivity index (χ3v) is 4.31. The van der Waals surface area contributed by atoms with Crippen LogP contribution in [-0.2, 0) is 6.54 Å². The summed E-state index contributed by atoms with van der Waals surface area (Å²) in [5, 5.41) is 3.53. The Kier molecular flexibility index (Phi) is 5.09.